The number of hydrogen-bond donors (Lipinski definition) is 1. The number of nitrogens with two attached hydrogens (primary N) is 1. The van der Waals surface area contributed by atoms with Crippen molar-refractivity contribution in [2.24, 2.45) is 5.73 Å². The van der Waals surface area contributed by atoms with Crippen molar-refractivity contribution < 1.29 is 0 Å². The number of rotatable bonds is 5. The molecule has 14 heavy (non-hydrogen) atoms. The van der Waals surface area contributed by atoms with E-state index in [4.69, 9.17) is 17.3 Å². The summed E-state index contributed by atoms with van der Waals surface area (Å²) in [6.07, 6.45) is 6.51. The fraction of sp³-hybridized carbons (Fsp3) is 0.364. The molecule has 3 heteroatoms. The minimum absolute atomic E-state index is 0.0661. The van der Waals surface area contributed by atoms with Crippen molar-refractivity contribution >= 4 is 11.6 Å². The zero-order chi connectivity index (χ0) is 10.4. The standard InChI is InChI=1S/C11H15ClN2/c1-2-3-4-7-10(13)11-9(12)6-5-8-14-11/h2,5-6,8,10H,1,3-4,7,13H2. The van der Waals surface area contributed by atoms with Crippen LogP contribution in [0.3, 0.4) is 0 Å². The molecule has 1 heterocycles. The van der Waals surface area contributed by atoms with E-state index < -0.39 is 0 Å². The third kappa shape index (κ3) is 3.13. The minimum atomic E-state index is -0.0661. The van der Waals surface area contributed by atoms with Gasteiger partial charge >= 0.3 is 0 Å². The molecule has 0 aromatic carbocycles. The van der Waals surface area contributed by atoms with Gasteiger partial charge in [0.1, 0.15) is 0 Å². The predicted octanol–water partition coefficient (Wildman–Crippen LogP) is 3.09. The number of hydrogen-bond acceptors (Lipinski definition) is 2. The molecular weight excluding hydrogens is 196 g/mol. The van der Waals surface area contributed by atoms with Crippen molar-refractivity contribution in [3.05, 3.63) is 41.7 Å². The highest BCUT2D eigenvalue weighted by molar-refractivity contribution is 6.31. The zero-order valence-corrected chi connectivity index (χ0v) is 8.87. The molecule has 2 N–H and O–H groups in total. The Hall–Kier alpha value is -0.860. The molecule has 1 aromatic heterocycles. The molecular formula is C11H15ClN2. The topological polar surface area (TPSA) is 38.9 Å². The summed E-state index contributed by atoms with van der Waals surface area (Å²) >= 11 is 5.97. The summed E-state index contributed by atoms with van der Waals surface area (Å²) < 4.78 is 0. The number of allylic oxidation sites excluding steroid dienone is 1. The van der Waals surface area contributed by atoms with E-state index in [1.165, 1.54) is 0 Å². The third-order valence-corrected chi connectivity index (χ3v) is 2.38. The molecule has 1 rings (SSSR count). The van der Waals surface area contributed by atoms with Crippen LogP contribution in [0.5, 0.6) is 0 Å². The second-order valence-electron chi connectivity index (χ2n) is 3.20. The summed E-state index contributed by atoms with van der Waals surface area (Å²) in [5, 5.41) is 0.651. The monoisotopic (exact) mass is 210 g/mol. The van der Waals surface area contributed by atoms with Gasteiger partial charge in [0.05, 0.1) is 10.7 Å². The van der Waals surface area contributed by atoms with Crippen molar-refractivity contribution in [3.63, 3.8) is 0 Å². The Morgan fingerprint density at radius 1 is 1.64 bits per heavy atom. The van der Waals surface area contributed by atoms with Gasteiger partial charge in [0.25, 0.3) is 0 Å². The van der Waals surface area contributed by atoms with E-state index in [9.17, 15) is 0 Å². The highest BCUT2D eigenvalue weighted by atomic mass is 35.5. The highest BCUT2D eigenvalue weighted by Gasteiger charge is 2.09. The van der Waals surface area contributed by atoms with Gasteiger partial charge in [-0.25, -0.2) is 0 Å². The van der Waals surface area contributed by atoms with Crippen LogP contribution in [0.1, 0.15) is 31.0 Å². The molecule has 0 aliphatic carbocycles. The van der Waals surface area contributed by atoms with Crippen LogP contribution in [-0.2, 0) is 0 Å². The smallest absolute Gasteiger partial charge is 0.0756 e. The molecule has 76 valence electrons. The Morgan fingerprint density at radius 3 is 3.07 bits per heavy atom. The Morgan fingerprint density at radius 2 is 2.43 bits per heavy atom. The SMILES string of the molecule is C=CCCCC(N)c1ncccc1Cl. The average molecular weight is 211 g/mol. The van der Waals surface area contributed by atoms with Crippen molar-refractivity contribution in [3.8, 4) is 0 Å². The maximum absolute atomic E-state index is 5.97. The molecule has 0 fully saturated rings. The first-order chi connectivity index (χ1) is 6.75. The van der Waals surface area contributed by atoms with Gasteiger partial charge in [0.2, 0.25) is 0 Å². The first-order valence-electron chi connectivity index (χ1n) is 4.72. The lowest BCUT2D eigenvalue weighted by Gasteiger charge is -2.11. The molecule has 0 bridgehead atoms. The van der Waals surface area contributed by atoms with E-state index in [1.54, 1.807) is 6.20 Å². The second kappa shape index (κ2) is 5.78. The van der Waals surface area contributed by atoms with E-state index in [0.29, 0.717) is 5.02 Å². The summed E-state index contributed by atoms with van der Waals surface area (Å²) in [7, 11) is 0. The van der Waals surface area contributed by atoms with E-state index >= 15 is 0 Å². The van der Waals surface area contributed by atoms with Gasteiger partial charge in [-0.3, -0.25) is 4.98 Å². The second-order valence-corrected chi connectivity index (χ2v) is 3.60. The number of aromatic nitrogens is 1. The Bertz CT molecular complexity index is 299. The molecule has 1 atom stereocenters. The molecule has 0 radical (unpaired) electrons. The maximum Gasteiger partial charge on any atom is 0.0756 e. The predicted molar refractivity (Wildman–Crippen MR) is 60.2 cm³/mol. The van der Waals surface area contributed by atoms with Crippen LogP contribution in [0, 0.1) is 0 Å². The van der Waals surface area contributed by atoms with Crippen LogP contribution >= 0.6 is 11.6 Å². The van der Waals surface area contributed by atoms with Crippen LogP contribution in [0.2, 0.25) is 5.02 Å². The van der Waals surface area contributed by atoms with Crippen molar-refractivity contribution in [2.45, 2.75) is 25.3 Å². The van der Waals surface area contributed by atoms with Gasteiger partial charge in [-0.2, -0.15) is 0 Å². The Labute approximate surface area is 89.8 Å². The normalized spacial score (nSPS) is 12.4. The van der Waals surface area contributed by atoms with Crippen LogP contribution < -0.4 is 5.73 Å². The van der Waals surface area contributed by atoms with Gasteiger partial charge < -0.3 is 5.73 Å². The molecule has 0 saturated carbocycles. The third-order valence-electron chi connectivity index (χ3n) is 2.06. The van der Waals surface area contributed by atoms with Crippen LogP contribution in [-0.4, -0.2) is 4.98 Å². The fourth-order valence-corrected chi connectivity index (χ4v) is 1.55. The van der Waals surface area contributed by atoms with Gasteiger partial charge in [-0.15, -0.1) is 6.58 Å². The summed E-state index contributed by atoms with van der Waals surface area (Å²) in [6, 6.07) is 3.56. The van der Waals surface area contributed by atoms with Crippen LogP contribution in [0.15, 0.2) is 31.0 Å². The van der Waals surface area contributed by atoms with Gasteiger partial charge in [-0.05, 0) is 31.4 Å². The number of unbranched alkanes of at least 4 members (excludes halogenated alkanes) is 1. The van der Waals surface area contributed by atoms with Crippen LogP contribution in [0.25, 0.3) is 0 Å². The van der Waals surface area contributed by atoms with Gasteiger partial charge in [0.15, 0.2) is 0 Å². The summed E-state index contributed by atoms with van der Waals surface area (Å²) in [4.78, 5) is 4.17. The largest absolute Gasteiger partial charge is 0.323 e. The summed E-state index contributed by atoms with van der Waals surface area (Å²) in [6.45, 7) is 3.67. The lowest BCUT2D eigenvalue weighted by molar-refractivity contribution is 0.603. The molecule has 0 aliphatic heterocycles. The van der Waals surface area contributed by atoms with E-state index in [2.05, 4.69) is 11.6 Å². The number of nitrogens with zero attached hydrogens (tertiary/aromatic N) is 1. The Kier molecular flexibility index (Phi) is 4.63. The van der Waals surface area contributed by atoms with Gasteiger partial charge in [0, 0.05) is 12.2 Å². The van der Waals surface area contributed by atoms with Crippen molar-refractivity contribution in [2.75, 3.05) is 0 Å². The average Bonchev–Trinajstić information content (AvgIpc) is 2.18. The molecule has 1 aromatic rings. The van der Waals surface area contributed by atoms with E-state index in [-0.39, 0.29) is 6.04 Å². The maximum atomic E-state index is 5.97. The molecule has 0 spiro atoms. The highest BCUT2D eigenvalue weighted by Crippen LogP contribution is 2.21. The summed E-state index contributed by atoms with van der Waals surface area (Å²) in [5.74, 6) is 0. The van der Waals surface area contributed by atoms with Gasteiger partial charge in [-0.1, -0.05) is 17.7 Å². The molecule has 0 amide bonds. The lowest BCUT2D eigenvalue weighted by Crippen LogP contribution is -2.12. The number of pyridine rings is 1. The zero-order valence-electron chi connectivity index (χ0n) is 8.12. The minimum Gasteiger partial charge on any atom is -0.323 e. The Balaban J connectivity index is 2.55. The number of halogens is 1. The summed E-state index contributed by atoms with van der Waals surface area (Å²) in [5.41, 5.74) is 6.75. The van der Waals surface area contributed by atoms with Crippen molar-refractivity contribution in [1.29, 1.82) is 0 Å². The van der Waals surface area contributed by atoms with Crippen LogP contribution in [0.4, 0.5) is 0 Å². The molecule has 0 aliphatic rings. The molecule has 0 saturated heterocycles. The quantitative estimate of drug-likeness (QED) is 0.599. The lowest BCUT2D eigenvalue weighted by atomic mass is 10.1. The first kappa shape index (κ1) is 11.2. The van der Waals surface area contributed by atoms with Crippen molar-refractivity contribution in [1.82, 2.24) is 4.98 Å². The molecule has 2 nitrogen and oxygen atoms in total. The molecule has 1 unspecified atom stereocenters. The first-order valence-corrected chi connectivity index (χ1v) is 5.10. The fourth-order valence-electron chi connectivity index (χ4n) is 1.29. The van der Waals surface area contributed by atoms with E-state index in [0.717, 1.165) is 25.0 Å². The van der Waals surface area contributed by atoms with E-state index in [1.807, 2.05) is 18.2 Å².